The number of nitrogens with one attached hydrogen (secondary N) is 5. The molecule has 1 saturated heterocycles. The number of aromatic nitrogens is 1. The maximum absolute atomic E-state index is 14.0. The Morgan fingerprint density at radius 3 is 2.58 bits per heavy atom. The quantitative estimate of drug-likeness (QED) is 0.0834. The molecule has 268 valence electrons. The number of thiophene rings is 1. The molecule has 0 bridgehead atoms. The number of benzene rings is 3. The molecule has 16 heteroatoms. The number of carbonyl (C=O) groups is 6. The fraction of sp³-hybridized carbons (Fsp3) is 0.162. The molecule has 3 aromatic carbocycles. The third-order valence-corrected chi connectivity index (χ3v) is 10.0. The van der Waals surface area contributed by atoms with E-state index in [-0.39, 0.29) is 58.3 Å². The lowest BCUT2D eigenvalue weighted by Crippen LogP contribution is -2.54. The number of carbonyl (C=O) groups excluding carboxylic acids is 6. The van der Waals surface area contributed by atoms with E-state index in [1.165, 1.54) is 53.9 Å². The van der Waals surface area contributed by atoms with E-state index in [0.717, 1.165) is 15.0 Å². The molecule has 2 aromatic heterocycles. The van der Waals surface area contributed by atoms with Crippen LogP contribution in [-0.4, -0.2) is 64.5 Å². The van der Waals surface area contributed by atoms with Gasteiger partial charge in [-0.3, -0.25) is 39.0 Å². The zero-order valence-corrected chi connectivity index (χ0v) is 29.2. The first-order valence-corrected chi connectivity index (χ1v) is 17.7. The Labute approximate surface area is 309 Å². The Balaban J connectivity index is 0.989. The monoisotopic (exact) mass is 753 g/mol. The smallest absolute Gasteiger partial charge is 0.262 e. The molecular weight excluding hydrogens is 725 g/mol. The summed E-state index contributed by atoms with van der Waals surface area (Å²) < 4.78 is 15.0. The summed E-state index contributed by atoms with van der Waals surface area (Å²) in [5, 5.41) is 16.7. The van der Waals surface area contributed by atoms with Gasteiger partial charge in [-0.25, -0.2) is 9.37 Å². The molecule has 2 aliphatic heterocycles. The first-order valence-electron chi connectivity index (χ1n) is 16.4. The maximum atomic E-state index is 14.0. The van der Waals surface area contributed by atoms with Gasteiger partial charge in [-0.1, -0.05) is 29.8 Å². The zero-order valence-electron chi connectivity index (χ0n) is 27.6. The minimum atomic E-state index is -1.05. The van der Waals surface area contributed by atoms with Gasteiger partial charge < -0.3 is 21.3 Å². The van der Waals surface area contributed by atoms with Crippen molar-refractivity contribution in [2.75, 3.05) is 29.0 Å². The minimum absolute atomic E-state index is 0.0307. The van der Waals surface area contributed by atoms with Crippen molar-refractivity contribution in [3.63, 3.8) is 0 Å². The van der Waals surface area contributed by atoms with E-state index in [4.69, 9.17) is 11.6 Å². The molecule has 5 aromatic rings. The van der Waals surface area contributed by atoms with Crippen LogP contribution >= 0.6 is 22.9 Å². The lowest BCUT2D eigenvalue weighted by atomic mass is 10.0. The van der Waals surface area contributed by atoms with Crippen LogP contribution in [0.1, 0.15) is 60.7 Å². The van der Waals surface area contributed by atoms with Crippen LogP contribution in [0, 0.1) is 5.82 Å². The van der Waals surface area contributed by atoms with Gasteiger partial charge in [-0.15, -0.1) is 11.3 Å². The van der Waals surface area contributed by atoms with Gasteiger partial charge in [0, 0.05) is 46.9 Å². The van der Waals surface area contributed by atoms with Crippen molar-refractivity contribution in [1.29, 1.82) is 0 Å². The summed E-state index contributed by atoms with van der Waals surface area (Å²) in [6.07, 6.45) is 1.89. The Hall–Kier alpha value is -6.19. The van der Waals surface area contributed by atoms with Crippen molar-refractivity contribution < 1.29 is 33.2 Å². The molecule has 5 N–H and O–H groups in total. The fourth-order valence-electron chi connectivity index (χ4n) is 6.05. The van der Waals surface area contributed by atoms with Gasteiger partial charge in [0.25, 0.3) is 23.6 Å². The van der Waals surface area contributed by atoms with Crippen LogP contribution in [0.2, 0.25) is 5.02 Å². The van der Waals surface area contributed by atoms with Crippen molar-refractivity contribution in [2.24, 2.45) is 0 Å². The van der Waals surface area contributed by atoms with Crippen LogP contribution in [0.25, 0.3) is 10.1 Å². The summed E-state index contributed by atoms with van der Waals surface area (Å²) in [5.41, 5.74) is 1.86. The van der Waals surface area contributed by atoms with E-state index < -0.39 is 47.3 Å². The fourth-order valence-corrected chi connectivity index (χ4v) is 7.16. The molecule has 0 radical (unpaired) electrons. The first kappa shape index (κ1) is 35.2. The highest BCUT2D eigenvalue weighted by atomic mass is 35.5. The summed E-state index contributed by atoms with van der Waals surface area (Å²) in [6.45, 7) is 0.641. The lowest BCUT2D eigenvalue weighted by Gasteiger charge is -2.27. The minimum Gasteiger partial charge on any atom is -0.385 e. The summed E-state index contributed by atoms with van der Waals surface area (Å²) in [6, 6.07) is 16.3. The van der Waals surface area contributed by atoms with Gasteiger partial charge in [0.15, 0.2) is 5.82 Å². The van der Waals surface area contributed by atoms with Gasteiger partial charge >= 0.3 is 0 Å². The summed E-state index contributed by atoms with van der Waals surface area (Å²) in [4.78, 5) is 81.8. The number of hydrogen-bond acceptors (Lipinski definition) is 10. The van der Waals surface area contributed by atoms with Crippen molar-refractivity contribution in [2.45, 2.75) is 25.3 Å². The highest BCUT2D eigenvalue weighted by molar-refractivity contribution is 7.17. The number of rotatable bonds is 11. The number of piperidine rings is 1. The molecule has 1 atom stereocenters. The molecular formula is C37H29ClFN7O6S. The van der Waals surface area contributed by atoms with Crippen LogP contribution in [0.4, 0.5) is 27.3 Å². The summed E-state index contributed by atoms with van der Waals surface area (Å²) in [5.74, 6) is -3.60. The first-order chi connectivity index (χ1) is 25.6. The van der Waals surface area contributed by atoms with Crippen LogP contribution in [-0.2, 0) is 9.59 Å². The second kappa shape index (κ2) is 14.8. The molecule has 13 nitrogen and oxygen atoms in total. The van der Waals surface area contributed by atoms with Gasteiger partial charge in [0.1, 0.15) is 11.9 Å². The van der Waals surface area contributed by atoms with Gasteiger partial charge in [-0.05, 0) is 61.4 Å². The SMILES string of the molecule is O=C1CCC(N2C(=O)c3ccc(NCCCNC(=O)c4cnc(Nc5cc(F)ccc5Cl)c(NC(=O)c5csc6ccccc56)c4)cc3C2=O)C(=O)N1. The average molecular weight is 754 g/mol. The van der Waals surface area contributed by atoms with E-state index >= 15 is 0 Å². The molecule has 7 rings (SSSR count). The zero-order chi connectivity index (χ0) is 37.2. The summed E-state index contributed by atoms with van der Waals surface area (Å²) >= 11 is 7.69. The average Bonchev–Trinajstić information content (AvgIpc) is 3.68. The third kappa shape index (κ3) is 7.29. The molecule has 0 spiro atoms. The normalized spacial score (nSPS) is 15.3. The number of pyridine rings is 1. The molecule has 1 fully saturated rings. The predicted octanol–water partition coefficient (Wildman–Crippen LogP) is 5.72. The van der Waals surface area contributed by atoms with E-state index in [1.807, 2.05) is 24.3 Å². The van der Waals surface area contributed by atoms with Crippen molar-refractivity contribution in [1.82, 2.24) is 20.5 Å². The van der Waals surface area contributed by atoms with E-state index in [0.29, 0.717) is 24.2 Å². The number of fused-ring (bicyclic) bond motifs is 2. The van der Waals surface area contributed by atoms with Gasteiger partial charge in [-0.2, -0.15) is 0 Å². The second-order valence-corrected chi connectivity index (χ2v) is 13.5. The van der Waals surface area contributed by atoms with E-state index in [2.05, 4.69) is 31.6 Å². The number of hydrogen-bond donors (Lipinski definition) is 5. The highest BCUT2D eigenvalue weighted by Gasteiger charge is 2.44. The van der Waals surface area contributed by atoms with Crippen LogP contribution in [0.5, 0.6) is 0 Å². The number of halogens is 2. The lowest BCUT2D eigenvalue weighted by molar-refractivity contribution is -0.136. The highest BCUT2D eigenvalue weighted by Crippen LogP contribution is 2.32. The molecule has 6 amide bonds. The van der Waals surface area contributed by atoms with Crippen LogP contribution in [0.3, 0.4) is 0 Å². The Bertz CT molecular complexity index is 2350. The van der Waals surface area contributed by atoms with E-state index in [9.17, 15) is 33.2 Å². The number of imide groups is 2. The molecule has 53 heavy (non-hydrogen) atoms. The number of amides is 6. The molecule has 4 heterocycles. The Morgan fingerprint density at radius 1 is 0.943 bits per heavy atom. The number of nitrogens with zero attached hydrogens (tertiary/aromatic N) is 2. The summed E-state index contributed by atoms with van der Waals surface area (Å²) in [7, 11) is 0. The standard InChI is InChI=1S/C37H29ClFN7O6S/c38-26-9-6-20(39)15-27(26)43-32-28(44-34(49)25-18-53-30-5-2-1-4-22(25)30)14-19(17-42-32)33(48)41-13-3-12-40-21-7-8-23-24(16-21)37(52)46(36(23)51)29-10-11-31(47)45-35(29)50/h1-2,4-9,14-18,29,40H,3,10-13H2,(H,41,48)(H,42,43)(H,44,49)(H,45,47,50). The van der Waals surface area contributed by atoms with Crippen LogP contribution < -0.4 is 26.6 Å². The second-order valence-electron chi connectivity index (χ2n) is 12.2. The molecule has 0 saturated carbocycles. The third-order valence-electron chi connectivity index (χ3n) is 8.71. The van der Waals surface area contributed by atoms with Crippen molar-refractivity contribution in [3.8, 4) is 0 Å². The van der Waals surface area contributed by atoms with E-state index in [1.54, 1.807) is 11.4 Å². The van der Waals surface area contributed by atoms with Gasteiger partial charge in [0.2, 0.25) is 11.8 Å². The molecule has 1 unspecified atom stereocenters. The van der Waals surface area contributed by atoms with Crippen molar-refractivity contribution in [3.05, 3.63) is 111 Å². The van der Waals surface area contributed by atoms with Crippen LogP contribution in [0.15, 0.2) is 78.3 Å². The maximum Gasteiger partial charge on any atom is 0.262 e. The topological polar surface area (TPSA) is 179 Å². The Morgan fingerprint density at radius 2 is 1.75 bits per heavy atom. The van der Waals surface area contributed by atoms with Gasteiger partial charge in [0.05, 0.1) is 38.7 Å². The molecule has 0 aliphatic carbocycles. The predicted molar refractivity (Wildman–Crippen MR) is 197 cm³/mol. The molecule has 2 aliphatic rings. The Kier molecular flexibility index (Phi) is 9.84. The number of anilines is 4. The van der Waals surface area contributed by atoms with Crippen molar-refractivity contribution >= 4 is 91.3 Å². The largest absolute Gasteiger partial charge is 0.385 e.